The summed E-state index contributed by atoms with van der Waals surface area (Å²) in [5.74, 6) is 1.85. The van der Waals surface area contributed by atoms with Crippen molar-refractivity contribution in [3.05, 3.63) is 29.3 Å². The van der Waals surface area contributed by atoms with Crippen molar-refractivity contribution in [1.82, 2.24) is 0 Å². The fourth-order valence-electron chi connectivity index (χ4n) is 1.81. The second-order valence-corrected chi connectivity index (χ2v) is 4.06. The van der Waals surface area contributed by atoms with Crippen LogP contribution in [0.1, 0.15) is 24.5 Å². The van der Waals surface area contributed by atoms with Gasteiger partial charge in [0.2, 0.25) is 0 Å². The second kappa shape index (κ2) is 3.41. The Labute approximate surface area is 79.7 Å². The van der Waals surface area contributed by atoms with E-state index in [1.165, 1.54) is 17.5 Å². The Morgan fingerprint density at radius 1 is 1.38 bits per heavy atom. The molecule has 1 heterocycles. The van der Waals surface area contributed by atoms with Crippen molar-refractivity contribution in [1.29, 1.82) is 0 Å². The molecule has 0 spiro atoms. The van der Waals surface area contributed by atoms with Crippen LogP contribution in [0.5, 0.6) is 5.75 Å². The van der Waals surface area contributed by atoms with Gasteiger partial charge in [0.15, 0.2) is 0 Å². The summed E-state index contributed by atoms with van der Waals surface area (Å²) in [4.78, 5) is 0. The minimum atomic E-state index is 0.754. The molecule has 1 unspecified atom stereocenters. The number of fused-ring (bicyclic) bond motifs is 1. The van der Waals surface area contributed by atoms with Gasteiger partial charge in [-0.3, -0.25) is 0 Å². The third kappa shape index (κ3) is 1.85. The summed E-state index contributed by atoms with van der Waals surface area (Å²) in [6.07, 6.45) is 2.34. The molecule has 1 atom stereocenters. The van der Waals surface area contributed by atoms with Gasteiger partial charge in [-0.1, -0.05) is 19.1 Å². The molecule has 0 radical (unpaired) electrons. The first-order chi connectivity index (χ1) is 6.25. The maximum absolute atomic E-state index is 5.70. The average Bonchev–Trinajstić information content (AvgIpc) is 2.25. The van der Waals surface area contributed by atoms with Crippen molar-refractivity contribution in [2.45, 2.75) is 26.7 Å². The van der Waals surface area contributed by atoms with E-state index >= 15 is 0 Å². The van der Waals surface area contributed by atoms with Crippen LogP contribution in [0.3, 0.4) is 0 Å². The third-order valence-corrected chi connectivity index (χ3v) is 2.66. The van der Waals surface area contributed by atoms with E-state index in [1.807, 2.05) is 0 Å². The lowest BCUT2D eigenvalue weighted by molar-refractivity contribution is 0.300. The molecule has 1 aliphatic heterocycles. The minimum absolute atomic E-state index is 0.754. The second-order valence-electron chi connectivity index (χ2n) is 4.06. The maximum atomic E-state index is 5.70. The highest BCUT2D eigenvalue weighted by atomic mass is 16.5. The number of ether oxygens (including phenoxy) is 1. The molecule has 13 heavy (non-hydrogen) atoms. The van der Waals surface area contributed by atoms with Gasteiger partial charge in [0, 0.05) is 0 Å². The lowest BCUT2D eigenvalue weighted by Gasteiger charge is -2.07. The molecular weight excluding hydrogens is 160 g/mol. The van der Waals surface area contributed by atoms with Crippen LogP contribution in [0.25, 0.3) is 0 Å². The lowest BCUT2D eigenvalue weighted by Crippen LogP contribution is -1.99. The predicted octanol–water partition coefficient (Wildman–Crippen LogP) is 2.96. The molecule has 0 aromatic heterocycles. The van der Waals surface area contributed by atoms with Gasteiger partial charge in [-0.25, -0.2) is 0 Å². The van der Waals surface area contributed by atoms with Crippen LogP contribution in [0.4, 0.5) is 0 Å². The minimum Gasteiger partial charge on any atom is -0.493 e. The summed E-state index contributed by atoms with van der Waals surface area (Å²) in [7, 11) is 0. The molecule has 0 amide bonds. The highest BCUT2D eigenvalue weighted by Crippen LogP contribution is 2.27. The zero-order chi connectivity index (χ0) is 9.26. The van der Waals surface area contributed by atoms with Gasteiger partial charge in [0.25, 0.3) is 0 Å². The summed E-state index contributed by atoms with van der Waals surface area (Å²) in [6, 6.07) is 6.51. The van der Waals surface area contributed by atoms with Crippen LogP contribution in [0, 0.1) is 12.8 Å². The first-order valence-corrected chi connectivity index (χ1v) is 4.98. The lowest BCUT2D eigenvalue weighted by atomic mass is 9.98. The number of rotatable bonds is 0. The maximum Gasteiger partial charge on any atom is 0.122 e. The summed E-state index contributed by atoms with van der Waals surface area (Å²) in [5, 5.41) is 0. The molecule has 1 aromatic rings. The van der Waals surface area contributed by atoms with E-state index < -0.39 is 0 Å². The van der Waals surface area contributed by atoms with Crippen LogP contribution in [-0.2, 0) is 6.42 Å². The average molecular weight is 176 g/mol. The first kappa shape index (κ1) is 8.61. The number of aryl methyl sites for hydroxylation is 1. The van der Waals surface area contributed by atoms with Crippen molar-refractivity contribution < 1.29 is 4.74 Å². The van der Waals surface area contributed by atoms with E-state index in [0.717, 1.165) is 24.7 Å². The highest BCUT2D eigenvalue weighted by molar-refractivity contribution is 5.37. The highest BCUT2D eigenvalue weighted by Gasteiger charge is 2.13. The van der Waals surface area contributed by atoms with Gasteiger partial charge in [0.05, 0.1) is 6.61 Å². The SMILES string of the molecule is Cc1ccc2c(c1)OCCC(C)C2. The van der Waals surface area contributed by atoms with Crippen LogP contribution in [0.2, 0.25) is 0 Å². The van der Waals surface area contributed by atoms with Gasteiger partial charge in [-0.05, 0) is 42.9 Å². The molecule has 0 N–H and O–H groups in total. The molecule has 2 rings (SSSR count). The molecule has 0 saturated heterocycles. The van der Waals surface area contributed by atoms with Gasteiger partial charge >= 0.3 is 0 Å². The molecule has 1 aliphatic rings. The number of benzene rings is 1. The Balaban J connectivity index is 2.34. The van der Waals surface area contributed by atoms with Crippen LogP contribution < -0.4 is 4.74 Å². The standard InChI is InChI=1S/C12H16O/c1-9-3-4-11-7-10(2)5-6-13-12(11)8-9/h3-4,8,10H,5-7H2,1-2H3. The fourth-order valence-corrected chi connectivity index (χ4v) is 1.81. The van der Waals surface area contributed by atoms with Crippen LogP contribution in [0.15, 0.2) is 18.2 Å². The zero-order valence-corrected chi connectivity index (χ0v) is 8.34. The van der Waals surface area contributed by atoms with Gasteiger partial charge in [-0.2, -0.15) is 0 Å². The molecule has 0 fully saturated rings. The van der Waals surface area contributed by atoms with E-state index in [2.05, 4.69) is 32.0 Å². The topological polar surface area (TPSA) is 9.23 Å². The Bertz CT molecular complexity index is 304. The van der Waals surface area contributed by atoms with E-state index in [1.54, 1.807) is 0 Å². The zero-order valence-electron chi connectivity index (χ0n) is 8.34. The molecular formula is C12H16O. The Kier molecular flexibility index (Phi) is 2.26. The summed E-state index contributed by atoms with van der Waals surface area (Å²) < 4.78 is 5.70. The normalized spacial score (nSPS) is 21.5. The fraction of sp³-hybridized carbons (Fsp3) is 0.500. The summed E-state index contributed by atoms with van der Waals surface area (Å²) in [6.45, 7) is 5.27. The van der Waals surface area contributed by atoms with E-state index in [9.17, 15) is 0 Å². The van der Waals surface area contributed by atoms with Gasteiger partial charge < -0.3 is 4.74 Å². The first-order valence-electron chi connectivity index (χ1n) is 4.98. The Morgan fingerprint density at radius 2 is 2.23 bits per heavy atom. The van der Waals surface area contributed by atoms with Crippen molar-refractivity contribution in [2.75, 3.05) is 6.61 Å². The van der Waals surface area contributed by atoms with E-state index in [-0.39, 0.29) is 0 Å². The molecule has 0 saturated carbocycles. The van der Waals surface area contributed by atoms with E-state index in [4.69, 9.17) is 4.74 Å². The molecule has 1 heteroatoms. The van der Waals surface area contributed by atoms with E-state index in [0.29, 0.717) is 0 Å². The Hall–Kier alpha value is -0.980. The van der Waals surface area contributed by atoms with Gasteiger partial charge in [0.1, 0.15) is 5.75 Å². The monoisotopic (exact) mass is 176 g/mol. The predicted molar refractivity (Wildman–Crippen MR) is 54.2 cm³/mol. The summed E-state index contributed by atoms with van der Waals surface area (Å²) in [5.41, 5.74) is 2.66. The van der Waals surface area contributed by atoms with Gasteiger partial charge in [-0.15, -0.1) is 0 Å². The largest absolute Gasteiger partial charge is 0.493 e. The Morgan fingerprint density at radius 3 is 3.08 bits per heavy atom. The van der Waals surface area contributed by atoms with Crippen molar-refractivity contribution in [3.63, 3.8) is 0 Å². The molecule has 70 valence electrons. The number of hydrogen-bond donors (Lipinski definition) is 0. The van der Waals surface area contributed by atoms with Crippen molar-refractivity contribution >= 4 is 0 Å². The molecule has 0 aliphatic carbocycles. The smallest absolute Gasteiger partial charge is 0.122 e. The van der Waals surface area contributed by atoms with Crippen LogP contribution >= 0.6 is 0 Å². The van der Waals surface area contributed by atoms with Crippen molar-refractivity contribution in [2.24, 2.45) is 5.92 Å². The third-order valence-electron chi connectivity index (χ3n) is 2.66. The quantitative estimate of drug-likeness (QED) is 0.590. The van der Waals surface area contributed by atoms with Crippen molar-refractivity contribution in [3.8, 4) is 5.75 Å². The summed E-state index contributed by atoms with van der Waals surface area (Å²) >= 11 is 0. The molecule has 1 aromatic carbocycles. The number of hydrogen-bond acceptors (Lipinski definition) is 1. The van der Waals surface area contributed by atoms with Crippen LogP contribution in [-0.4, -0.2) is 6.61 Å². The molecule has 1 nitrogen and oxygen atoms in total. The molecule has 0 bridgehead atoms.